The maximum Gasteiger partial charge on any atom is 0.336 e. The smallest absolute Gasteiger partial charge is 0.336 e. The van der Waals surface area contributed by atoms with Gasteiger partial charge >= 0.3 is 12.0 Å². The molecule has 9 heteroatoms. The Balaban J connectivity index is 2.10. The number of tetrazole rings is 1. The Bertz CT molecular complexity index is 659. The summed E-state index contributed by atoms with van der Waals surface area (Å²) in [7, 11) is 1.47. The van der Waals surface area contributed by atoms with Crippen LogP contribution in [0.25, 0.3) is 0 Å². The molecular formula is C12H13BrN4O4. The molecule has 0 unspecified atom stereocenters. The van der Waals surface area contributed by atoms with Crippen LogP contribution in [-0.4, -0.2) is 45.0 Å². The number of benzene rings is 1. The monoisotopic (exact) mass is 356 g/mol. The fraction of sp³-hybridized carbons (Fsp3) is 0.333. The topological polar surface area (TPSA) is 99.4 Å². The molecule has 1 aromatic heterocycles. The summed E-state index contributed by atoms with van der Waals surface area (Å²) in [5.74, 6) is -0.506. The molecule has 1 N–H and O–H groups in total. The number of rotatable bonds is 6. The first kappa shape index (κ1) is 15.2. The summed E-state index contributed by atoms with van der Waals surface area (Å²) < 4.78 is 12.8. The first-order valence-corrected chi connectivity index (χ1v) is 6.79. The van der Waals surface area contributed by atoms with Crippen LogP contribution in [0.3, 0.4) is 0 Å². The number of methoxy groups -OCH3 is 1. The SMILES string of the molecule is COc1nnnn1CCOc1c(Br)ccc(C(=O)O)c1C. The standard InChI is InChI=1S/C12H13BrN4O4/c1-7-8(11(18)19)3-4-9(13)10(7)21-6-5-17-12(20-2)14-15-16-17/h3-4H,5-6H2,1-2H3,(H,18,19). The van der Waals surface area contributed by atoms with Crippen molar-refractivity contribution in [3.05, 3.63) is 27.7 Å². The summed E-state index contributed by atoms with van der Waals surface area (Å²) in [6.07, 6.45) is 0. The zero-order chi connectivity index (χ0) is 15.4. The third kappa shape index (κ3) is 3.30. The highest BCUT2D eigenvalue weighted by molar-refractivity contribution is 9.10. The van der Waals surface area contributed by atoms with E-state index in [9.17, 15) is 4.79 Å². The van der Waals surface area contributed by atoms with E-state index in [2.05, 4.69) is 31.5 Å². The van der Waals surface area contributed by atoms with E-state index in [-0.39, 0.29) is 18.2 Å². The third-order valence-electron chi connectivity index (χ3n) is 2.82. The lowest BCUT2D eigenvalue weighted by Crippen LogP contribution is -2.12. The lowest BCUT2D eigenvalue weighted by molar-refractivity contribution is 0.0695. The van der Waals surface area contributed by atoms with E-state index in [0.717, 1.165) is 0 Å². The molecular weight excluding hydrogens is 344 g/mol. The van der Waals surface area contributed by atoms with Crippen LogP contribution in [0.15, 0.2) is 16.6 Å². The van der Waals surface area contributed by atoms with E-state index in [1.165, 1.54) is 17.9 Å². The molecule has 0 atom stereocenters. The molecule has 2 aromatic rings. The summed E-state index contributed by atoms with van der Waals surface area (Å²) >= 11 is 3.35. The number of nitrogens with zero attached hydrogens (tertiary/aromatic N) is 4. The Kier molecular flexibility index (Phi) is 4.73. The summed E-state index contributed by atoms with van der Waals surface area (Å²) in [6.45, 7) is 2.34. The average Bonchev–Trinajstić information content (AvgIpc) is 2.89. The predicted octanol–water partition coefficient (Wildman–Crippen LogP) is 1.53. The fourth-order valence-corrected chi connectivity index (χ4v) is 2.33. The van der Waals surface area contributed by atoms with E-state index in [1.54, 1.807) is 13.0 Å². The molecule has 8 nitrogen and oxygen atoms in total. The highest BCUT2D eigenvalue weighted by Crippen LogP contribution is 2.31. The number of hydrogen-bond donors (Lipinski definition) is 1. The van der Waals surface area contributed by atoms with Crippen LogP contribution in [0.5, 0.6) is 11.8 Å². The normalized spacial score (nSPS) is 10.4. The van der Waals surface area contributed by atoms with Gasteiger partial charge in [-0.15, -0.1) is 0 Å². The Morgan fingerprint density at radius 2 is 2.24 bits per heavy atom. The van der Waals surface area contributed by atoms with Crippen molar-refractivity contribution >= 4 is 21.9 Å². The van der Waals surface area contributed by atoms with Gasteiger partial charge in [-0.2, -0.15) is 4.68 Å². The number of carbonyl (C=O) groups is 1. The van der Waals surface area contributed by atoms with Crippen molar-refractivity contribution in [2.45, 2.75) is 13.5 Å². The molecule has 0 aliphatic heterocycles. The van der Waals surface area contributed by atoms with Gasteiger partial charge in [-0.3, -0.25) is 0 Å². The molecule has 0 saturated heterocycles. The molecule has 1 aromatic carbocycles. The van der Waals surface area contributed by atoms with Gasteiger partial charge in [-0.1, -0.05) is 5.10 Å². The van der Waals surface area contributed by atoms with Crippen LogP contribution in [0.2, 0.25) is 0 Å². The zero-order valence-electron chi connectivity index (χ0n) is 11.4. The van der Waals surface area contributed by atoms with Crippen LogP contribution < -0.4 is 9.47 Å². The van der Waals surface area contributed by atoms with Crippen molar-refractivity contribution in [2.24, 2.45) is 0 Å². The number of aromatic carboxylic acids is 1. The minimum atomic E-state index is -0.994. The zero-order valence-corrected chi connectivity index (χ0v) is 13.0. The van der Waals surface area contributed by atoms with E-state index in [1.807, 2.05) is 0 Å². The van der Waals surface area contributed by atoms with Gasteiger partial charge in [-0.25, -0.2) is 4.79 Å². The third-order valence-corrected chi connectivity index (χ3v) is 3.44. The second kappa shape index (κ2) is 6.53. The molecule has 0 aliphatic carbocycles. The highest BCUT2D eigenvalue weighted by Gasteiger charge is 2.15. The van der Waals surface area contributed by atoms with Crippen molar-refractivity contribution in [2.75, 3.05) is 13.7 Å². The van der Waals surface area contributed by atoms with Crippen molar-refractivity contribution in [3.63, 3.8) is 0 Å². The van der Waals surface area contributed by atoms with Crippen molar-refractivity contribution in [1.82, 2.24) is 20.2 Å². The quantitative estimate of drug-likeness (QED) is 0.837. The van der Waals surface area contributed by atoms with E-state index >= 15 is 0 Å². The average molecular weight is 357 g/mol. The minimum absolute atomic E-state index is 0.202. The molecule has 0 saturated carbocycles. The maximum absolute atomic E-state index is 11.1. The van der Waals surface area contributed by atoms with Crippen molar-refractivity contribution in [3.8, 4) is 11.8 Å². The molecule has 0 spiro atoms. The molecule has 0 fully saturated rings. The van der Waals surface area contributed by atoms with Gasteiger partial charge in [0.05, 0.1) is 23.7 Å². The molecule has 1 heterocycles. The first-order chi connectivity index (χ1) is 10.0. The molecule has 0 amide bonds. The van der Waals surface area contributed by atoms with Crippen LogP contribution in [0.1, 0.15) is 15.9 Å². The van der Waals surface area contributed by atoms with E-state index in [4.69, 9.17) is 14.6 Å². The van der Waals surface area contributed by atoms with Gasteiger partial charge in [0, 0.05) is 5.56 Å². The van der Waals surface area contributed by atoms with Crippen LogP contribution in [0, 0.1) is 6.92 Å². The Labute approximate surface area is 128 Å². The number of halogens is 1. The Hall–Kier alpha value is -2.16. The fourth-order valence-electron chi connectivity index (χ4n) is 1.78. The molecule has 2 rings (SSSR count). The largest absolute Gasteiger partial charge is 0.490 e. The summed E-state index contributed by atoms with van der Waals surface area (Å²) in [4.78, 5) is 11.1. The van der Waals surface area contributed by atoms with Crippen LogP contribution >= 0.6 is 15.9 Å². The molecule has 0 radical (unpaired) electrons. The number of carboxylic acids is 1. The van der Waals surface area contributed by atoms with Gasteiger partial charge in [0.25, 0.3) is 0 Å². The second-order valence-electron chi connectivity index (χ2n) is 4.09. The van der Waals surface area contributed by atoms with Gasteiger partial charge in [0.15, 0.2) is 0 Å². The van der Waals surface area contributed by atoms with Gasteiger partial charge in [-0.05, 0) is 45.4 Å². The van der Waals surface area contributed by atoms with Crippen LogP contribution in [0.4, 0.5) is 0 Å². The van der Waals surface area contributed by atoms with Gasteiger partial charge in [0.2, 0.25) is 0 Å². The van der Waals surface area contributed by atoms with Gasteiger partial charge < -0.3 is 14.6 Å². The predicted molar refractivity (Wildman–Crippen MR) is 75.7 cm³/mol. The first-order valence-electron chi connectivity index (χ1n) is 6.00. The number of ether oxygens (including phenoxy) is 2. The number of hydrogen-bond acceptors (Lipinski definition) is 6. The maximum atomic E-state index is 11.1. The summed E-state index contributed by atoms with van der Waals surface area (Å²) in [6, 6.07) is 3.45. The summed E-state index contributed by atoms with van der Waals surface area (Å²) in [5, 5.41) is 20.0. The summed E-state index contributed by atoms with van der Waals surface area (Å²) in [5.41, 5.74) is 0.758. The number of carboxylic acid groups (broad SMARTS) is 1. The molecule has 0 aliphatic rings. The Morgan fingerprint density at radius 1 is 1.48 bits per heavy atom. The number of aromatic nitrogens is 4. The minimum Gasteiger partial charge on any atom is -0.490 e. The van der Waals surface area contributed by atoms with E-state index < -0.39 is 5.97 Å². The van der Waals surface area contributed by atoms with Crippen LogP contribution in [-0.2, 0) is 6.54 Å². The van der Waals surface area contributed by atoms with Gasteiger partial charge in [0.1, 0.15) is 12.4 Å². The highest BCUT2D eigenvalue weighted by atomic mass is 79.9. The molecule has 21 heavy (non-hydrogen) atoms. The molecule has 0 bridgehead atoms. The molecule has 112 valence electrons. The van der Waals surface area contributed by atoms with Crippen molar-refractivity contribution in [1.29, 1.82) is 0 Å². The lowest BCUT2D eigenvalue weighted by atomic mass is 10.1. The second-order valence-corrected chi connectivity index (χ2v) is 4.95. The van der Waals surface area contributed by atoms with Crippen molar-refractivity contribution < 1.29 is 19.4 Å². The lowest BCUT2D eigenvalue weighted by Gasteiger charge is -2.13. The van der Waals surface area contributed by atoms with E-state index in [0.29, 0.717) is 22.3 Å². The Morgan fingerprint density at radius 3 is 2.90 bits per heavy atom.